The molecule has 19 heavy (non-hydrogen) atoms. The highest BCUT2D eigenvalue weighted by molar-refractivity contribution is 5.54. The minimum Gasteiger partial charge on any atom is -0.388 e. The summed E-state index contributed by atoms with van der Waals surface area (Å²) in [6.45, 7) is 0.236. The normalized spacial score (nSPS) is 18.6. The van der Waals surface area contributed by atoms with Crippen molar-refractivity contribution in [2.45, 2.75) is 37.5 Å². The van der Waals surface area contributed by atoms with Gasteiger partial charge in [-0.1, -0.05) is 25.0 Å². The van der Waals surface area contributed by atoms with Gasteiger partial charge in [-0.3, -0.25) is 0 Å². The second-order valence-corrected chi connectivity index (χ2v) is 5.30. The van der Waals surface area contributed by atoms with Gasteiger partial charge in [0.25, 0.3) is 0 Å². The van der Waals surface area contributed by atoms with Gasteiger partial charge < -0.3 is 10.0 Å². The second kappa shape index (κ2) is 5.04. The highest BCUT2D eigenvalue weighted by atomic mass is 19.4. The highest BCUT2D eigenvalue weighted by Crippen LogP contribution is 2.37. The summed E-state index contributed by atoms with van der Waals surface area (Å²) < 4.78 is 38.8. The van der Waals surface area contributed by atoms with Crippen LogP contribution in [0.5, 0.6) is 0 Å². The Morgan fingerprint density at radius 2 is 1.79 bits per heavy atom. The molecule has 106 valence electrons. The molecule has 0 aromatic heterocycles. The Hall–Kier alpha value is -1.23. The first-order chi connectivity index (χ1) is 8.82. The van der Waals surface area contributed by atoms with Gasteiger partial charge in [-0.25, -0.2) is 0 Å². The van der Waals surface area contributed by atoms with Gasteiger partial charge >= 0.3 is 6.18 Å². The average molecular weight is 273 g/mol. The van der Waals surface area contributed by atoms with Crippen molar-refractivity contribution in [3.63, 3.8) is 0 Å². The van der Waals surface area contributed by atoms with Crippen LogP contribution in [-0.4, -0.2) is 24.3 Å². The molecule has 0 aliphatic heterocycles. The molecule has 5 heteroatoms. The van der Waals surface area contributed by atoms with Crippen LogP contribution in [0.4, 0.5) is 18.9 Å². The number of likely N-dealkylation sites (N-methyl/N-ethyl adjacent to an activating group) is 1. The molecule has 0 amide bonds. The number of aliphatic hydroxyl groups is 1. The van der Waals surface area contributed by atoms with E-state index in [1.54, 1.807) is 13.1 Å². The zero-order valence-corrected chi connectivity index (χ0v) is 10.9. The molecule has 1 saturated carbocycles. The molecule has 1 N–H and O–H groups in total. The maximum absolute atomic E-state index is 12.9. The van der Waals surface area contributed by atoms with Gasteiger partial charge in [-0.05, 0) is 25.0 Å². The molecule has 0 unspecified atom stereocenters. The number of alkyl halides is 3. The molecule has 0 atom stereocenters. The Labute approximate surface area is 110 Å². The van der Waals surface area contributed by atoms with Crippen molar-refractivity contribution in [2.24, 2.45) is 0 Å². The largest absolute Gasteiger partial charge is 0.418 e. The number of para-hydroxylation sites is 1. The number of hydrogen-bond acceptors (Lipinski definition) is 2. The van der Waals surface area contributed by atoms with E-state index in [1.165, 1.54) is 17.0 Å². The van der Waals surface area contributed by atoms with Crippen LogP contribution in [0.2, 0.25) is 0 Å². The fourth-order valence-electron chi connectivity index (χ4n) is 2.76. The lowest BCUT2D eigenvalue weighted by Gasteiger charge is -2.31. The number of halogens is 3. The van der Waals surface area contributed by atoms with Crippen LogP contribution in [0.1, 0.15) is 31.2 Å². The van der Waals surface area contributed by atoms with Crippen molar-refractivity contribution < 1.29 is 18.3 Å². The van der Waals surface area contributed by atoms with Crippen molar-refractivity contribution in [3.8, 4) is 0 Å². The lowest BCUT2D eigenvalue weighted by Crippen LogP contribution is -2.39. The minimum atomic E-state index is -4.37. The van der Waals surface area contributed by atoms with Gasteiger partial charge in [0.1, 0.15) is 0 Å². The van der Waals surface area contributed by atoms with E-state index in [2.05, 4.69) is 0 Å². The molecule has 0 bridgehead atoms. The third kappa shape index (κ3) is 3.21. The van der Waals surface area contributed by atoms with Crippen LogP contribution in [0.3, 0.4) is 0 Å². The molecule has 0 saturated heterocycles. The van der Waals surface area contributed by atoms with E-state index in [9.17, 15) is 18.3 Å². The molecular formula is C14H18F3NO. The summed E-state index contributed by atoms with van der Waals surface area (Å²) in [6.07, 6.45) is -1.18. The first-order valence-electron chi connectivity index (χ1n) is 6.42. The fraction of sp³-hybridized carbons (Fsp3) is 0.571. The van der Waals surface area contributed by atoms with Gasteiger partial charge in [0.2, 0.25) is 0 Å². The number of benzene rings is 1. The predicted molar refractivity (Wildman–Crippen MR) is 68.1 cm³/mol. The standard InChI is InChI=1S/C14H18F3NO/c1-18(10-13(19)8-4-5-9-13)12-7-3-2-6-11(12)14(15,16)17/h2-3,6-7,19H,4-5,8-10H2,1H3. The quantitative estimate of drug-likeness (QED) is 0.911. The van der Waals surface area contributed by atoms with Crippen LogP contribution in [0, 0.1) is 0 Å². The SMILES string of the molecule is CN(CC1(O)CCCC1)c1ccccc1C(F)(F)F. The predicted octanol–water partition coefficient (Wildman–Crippen LogP) is 3.45. The Balaban J connectivity index is 2.22. The average Bonchev–Trinajstić information content (AvgIpc) is 2.74. The van der Waals surface area contributed by atoms with Crippen LogP contribution >= 0.6 is 0 Å². The summed E-state index contributed by atoms with van der Waals surface area (Å²) >= 11 is 0. The van der Waals surface area contributed by atoms with Crippen molar-refractivity contribution >= 4 is 5.69 Å². The van der Waals surface area contributed by atoms with Crippen LogP contribution in [0.15, 0.2) is 24.3 Å². The van der Waals surface area contributed by atoms with Crippen molar-refractivity contribution in [1.29, 1.82) is 0 Å². The lowest BCUT2D eigenvalue weighted by atomic mass is 10.0. The summed E-state index contributed by atoms with van der Waals surface area (Å²) in [7, 11) is 1.60. The molecule has 2 nitrogen and oxygen atoms in total. The molecule has 1 fully saturated rings. The Bertz CT molecular complexity index is 439. The molecule has 2 rings (SSSR count). The zero-order valence-electron chi connectivity index (χ0n) is 10.9. The fourth-order valence-corrected chi connectivity index (χ4v) is 2.76. The van der Waals surface area contributed by atoms with Gasteiger partial charge in [-0.15, -0.1) is 0 Å². The molecule has 0 radical (unpaired) electrons. The monoisotopic (exact) mass is 273 g/mol. The summed E-state index contributed by atoms with van der Waals surface area (Å²) in [5.74, 6) is 0. The highest BCUT2D eigenvalue weighted by Gasteiger charge is 2.37. The van der Waals surface area contributed by atoms with Gasteiger partial charge in [0.15, 0.2) is 0 Å². The molecule has 1 aromatic rings. The minimum absolute atomic E-state index is 0.121. The third-order valence-corrected chi connectivity index (χ3v) is 3.69. The van der Waals surface area contributed by atoms with Crippen LogP contribution in [0.25, 0.3) is 0 Å². The molecule has 1 aliphatic rings. The van der Waals surface area contributed by atoms with Gasteiger partial charge in [0.05, 0.1) is 11.2 Å². The van der Waals surface area contributed by atoms with E-state index in [0.717, 1.165) is 18.9 Å². The van der Waals surface area contributed by atoms with E-state index < -0.39 is 17.3 Å². The van der Waals surface area contributed by atoms with Crippen molar-refractivity contribution in [1.82, 2.24) is 0 Å². The third-order valence-electron chi connectivity index (χ3n) is 3.69. The maximum atomic E-state index is 12.9. The number of anilines is 1. The molecule has 0 heterocycles. The first-order valence-corrected chi connectivity index (χ1v) is 6.42. The lowest BCUT2D eigenvalue weighted by molar-refractivity contribution is -0.137. The van der Waals surface area contributed by atoms with E-state index >= 15 is 0 Å². The zero-order chi connectivity index (χ0) is 14.1. The molecule has 1 aromatic carbocycles. The van der Waals surface area contributed by atoms with Gasteiger partial charge in [0, 0.05) is 19.3 Å². The molecule has 0 spiro atoms. The summed E-state index contributed by atoms with van der Waals surface area (Å²) in [5.41, 5.74) is -1.39. The maximum Gasteiger partial charge on any atom is 0.418 e. The summed E-state index contributed by atoms with van der Waals surface area (Å²) in [4.78, 5) is 1.51. The van der Waals surface area contributed by atoms with Crippen LogP contribution < -0.4 is 4.90 Å². The Morgan fingerprint density at radius 3 is 2.37 bits per heavy atom. The number of rotatable bonds is 3. The number of nitrogens with zero attached hydrogens (tertiary/aromatic N) is 1. The van der Waals surface area contributed by atoms with E-state index in [-0.39, 0.29) is 12.2 Å². The Morgan fingerprint density at radius 1 is 1.21 bits per heavy atom. The topological polar surface area (TPSA) is 23.5 Å². The van der Waals surface area contributed by atoms with Crippen molar-refractivity contribution in [2.75, 3.05) is 18.5 Å². The van der Waals surface area contributed by atoms with E-state index in [1.807, 2.05) is 0 Å². The van der Waals surface area contributed by atoms with Gasteiger partial charge in [-0.2, -0.15) is 13.2 Å². The van der Waals surface area contributed by atoms with E-state index in [4.69, 9.17) is 0 Å². The van der Waals surface area contributed by atoms with Crippen molar-refractivity contribution in [3.05, 3.63) is 29.8 Å². The van der Waals surface area contributed by atoms with Crippen LogP contribution in [-0.2, 0) is 6.18 Å². The van der Waals surface area contributed by atoms with E-state index in [0.29, 0.717) is 12.8 Å². The summed E-state index contributed by atoms with van der Waals surface area (Å²) in [6, 6.07) is 5.48. The summed E-state index contributed by atoms with van der Waals surface area (Å²) in [5, 5.41) is 10.3. The first kappa shape index (κ1) is 14.2. The molecule has 1 aliphatic carbocycles. The molecular weight excluding hydrogens is 255 g/mol. The number of hydrogen-bond donors (Lipinski definition) is 1. The smallest absolute Gasteiger partial charge is 0.388 e. The Kier molecular flexibility index (Phi) is 3.76. The second-order valence-electron chi connectivity index (χ2n) is 5.30.